The molecule has 7 heteroatoms. The van der Waals surface area contributed by atoms with Gasteiger partial charge in [0.2, 0.25) is 16.0 Å². The topological polar surface area (TPSA) is 98.0 Å². The number of hydrogen-bond donors (Lipinski definition) is 2. The van der Waals surface area contributed by atoms with Gasteiger partial charge in [-0.3, -0.25) is 0 Å². The number of nitrogens with one attached hydrogen (secondary N) is 1. The molecule has 1 aromatic heterocycles. The Morgan fingerprint density at radius 1 is 1.19 bits per heavy atom. The predicted molar refractivity (Wildman–Crippen MR) is 81.0 cm³/mol. The summed E-state index contributed by atoms with van der Waals surface area (Å²) in [5.41, 5.74) is 6.53. The van der Waals surface area contributed by atoms with Crippen LogP contribution in [0.5, 0.6) is 0 Å². The average molecular weight is 306 g/mol. The summed E-state index contributed by atoms with van der Waals surface area (Å²) in [7, 11) is -3.61. The van der Waals surface area contributed by atoms with E-state index in [1.54, 1.807) is 0 Å². The number of aromatic nitrogens is 2. The van der Waals surface area contributed by atoms with Crippen LogP contribution < -0.4 is 10.5 Å². The molecule has 2 rings (SSSR count). The molecule has 1 unspecified atom stereocenters. The largest absolute Gasteiger partial charge is 0.368 e. The fourth-order valence-electron chi connectivity index (χ4n) is 1.88. The van der Waals surface area contributed by atoms with Crippen LogP contribution in [0.3, 0.4) is 0 Å². The Labute approximate surface area is 124 Å². The summed E-state index contributed by atoms with van der Waals surface area (Å²) in [5.74, 6) is 0.0473. The van der Waals surface area contributed by atoms with Crippen LogP contribution in [0.1, 0.15) is 18.9 Å². The van der Waals surface area contributed by atoms with Crippen molar-refractivity contribution < 1.29 is 8.42 Å². The van der Waals surface area contributed by atoms with Crippen LogP contribution in [-0.4, -0.2) is 24.4 Å². The van der Waals surface area contributed by atoms with Crippen LogP contribution in [0.2, 0.25) is 0 Å². The third-order valence-electron chi connectivity index (χ3n) is 3.02. The number of aryl methyl sites for hydroxylation is 1. The first-order valence-corrected chi connectivity index (χ1v) is 8.09. The van der Waals surface area contributed by atoms with Crippen LogP contribution in [-0.2, 0) is 16.4 Å². The van der Waals surface area contributed by atoms with E-state index in [-0.39, 0.29) is 16.9 Å². The molecular weight excluding hydrogens is 288 g/mol. The van der Waals surface area contributed by atoms with E-state index in [1.165, 1.54) is 18.0 Å². The van der Waals surface area contributed by atoms with E-state index >= 15 is 0 Å². The van der Waals surface area contributed by atoms with Gasteiger partial charge in [-0.1, -0.05) is 30.3 Å². The Balaban J connectivity index is 1.95. The van der Waals surface area contributed by atoms with Crippen molar-refractivity contribution in [2.75, 3.05) is 5.73 Å². The van der Waals surface area contributed by atoms with Crippen molar-refractivity contribution in [2.45, 2.75) is 30.7 Å². The van der Waals surface area contributed by atoms with E-state index in [9.17, 15) is 8.42 Å². The van der Waals surface area contributed by atoms with Crippen LogP contribution in [0.15, 0.2) is 47.6 Å². The second-order valence-electron chi connectivity index (χ2n) is 4.82. The molecule has 0 aliphatic rings. The standard InChI is InChI=1S/C14H18N4O2S/c1-11(7-8-12-5-3-2-4-6-12)18-21(19,20)13-9-16-14(15)17-10-13/h2-6,9-11,18H,7-8H2,1H3,(H2,15,16,17). The third-order valence-corrected chi connectivity index (χ3v) is 4.57. The summed E-state index contributed by atoms with van der Waals surface area (Å²) in [6.45, 7) is 1.83. The van der Waals surface area contributed by atoms with Crippen molar-refractivity contribution in [3.8, 4) is 0 Å². The molecule has 112 valence electrons. The number of nitrogens with zero attached hydrogens (tertiary/aromatic N) is 2. The lowest BCUT2D eigenvalue weighted by atomic mass is 10.1. The van der Waals surface area contributed by atoms with Crippen molar-refractivity contribution >= 4 is 16.0 Å². The fraction of sp³-hybridized carbons (Fsp3) is 0.286. The lowest BCUT2D eigenvalue weighted by Gasteiger charge is -2.14. The van der Waals surface area contributed by atoms with Crippen LogP contribution >= 0.6 is 0 Å². The second-order valence-corrected chi connectivity index (χ2v) is 6.54. The first-order valence-electron chi connectivity index (χ1n) is 6.61. The van der Waals surface area contributed by atoms with Crippen molar-refractivity contribution in [3.63, 3.8) is 0 Å². The molecule has 6 nitrogen and oxygen atoms in total. The molecule has 1 heterocycles. The van der Waals surface area contributed by atoms with E-state index in [4.69, 9.17) is 5.73 Å². The molecule has 0 aliphatic heterocycles. The molecule has 3 N–H and O–H groups in total. The summed E-state index contributed by atoms with van der Waals surface area (Å²) in [4.78, 5) is 7.40. The quantitative estimate of drug-likeness (QED) is 0.839. The summed E-state index contributed by atoms with van der Waals surface area (Å²) in [6, 6.07) is 9.75. The van der Waals surface area contributed by atoms with Gasteiger partial charge >= 0.3 is 0 Å². The Hall–Kier alpha value is -1.99. The molecule has 21 heavy (non-hydrogen) atoms. The van der Waals surface area contributed by atoms with Crippen molar-refractivity contribution in [2.24, 2.45) is 0 Å². The van der Waals surface area contributed by atoms with Gasteiger partial charge in [-0.05, 0) is 25.3 Å². The highest BCUT2D eigenvalue weighted by atomic mass is 32.2. The molecule has 0 fully saturated rings. The van der Waals surface area contributed by atoms with E-state index in [0.29, 0.717) is 6.42 Å². The normalized spacial score (nSPS) is 13.0. The Morgan fingerprint density at radius 2 is 1.81 bits per heavy atom. The molecule has 2 aromatic rings. The molecule has 0 bridgehead atoms. The zero-order valence-corrected chi connectivity index (χ0v) is 12.5. The lowest BCUT2D eigenvalue weighted by Crippen LogP contribution is -2.33. The number of nitrogen functional groups attached to an aromatic ring is 1. The third kappa shape index (κ3) is 4.51. The van der Waals surface area contributed by atoms with E-state index in [0.717, 1.165) is 6.42 Å². The SMILES string of the molecule is CC(CCc1ccccc1)NS(=O)(=O)c1cnc(N)nc1. The number of hydrogen-bond acceptors (Lipinski definition) is 5. The maximum Gasteiger partial charge on any atom is 0.243 e. The maximum absolute atomic E-state index is 12.1. The predicted octanol–water partition coefficient (Wildman–Crippen LogP) is 1.36. The molecule has 1 aromatic carbocycles. The Morgan fingerprint density at radius 3 is 2.43 bits per heavy atom. The molecule has 0 saturated carbocycles. The van der Waals surface area contributed by atoms with Crippen molar-refractivity contribution in [3.05, 3.63) is 48.3 Å². The van der Waals surface area contributed by atoms with Gasteiger partial charge < -0.3 is 5.73 Å². The maximum atomic E-state index is 12.1. The van der Waals surface area contributed by atoms with Crippen LogP contribution in [0.4, 0.5) is 5.95 Å². The second kappa shape index (κ2) is 6.64. The summed E-state index contributed by atoms with van der Waals surface area (Å²) >= 11 is 0. The lowest BCUT2D eigenvalue weighted by molar-refractivity contribution is 0.546. The van der Waals surface area contributed by atoms with Gasteiger partial charge in [0.05, 0.1) is 12.4 Å². The number of benzene rings is 1. The number of anilines is 1. The smallest absolute Gasteiger partial charge is 0.243 e. The van der Waals surface area contributed by atoms with Crippen molar-refractivity contribution in [1.82, 2.24) is 14.7 Å². The monoisotopic (exact) mass is 306 g/mol. The van der Waals surface area contributed by atoms with E-state index < -0.39 is 10.0 Å². The zero-order chi connectivity index (χ0) is 15.3. The minimum atomic E-state index is -3.61. The van der Waals surface area contributed by atoms with Crippen LogP contribution in [0.25, 0.3) is 0 Å². The fourth-order valence-corrected chi connectivity index (χ4v) is 3.05. The number of rotatable bonds is 6. The highest BCUT2D eigenvalue weighted by Gasteiger charge is 2.18. The highest BCUT2D eigenvalue weighted by Crippen LogP contribution is 2.10. The van der Waals surface area contributed by atoms with Gasteiger partial charge in [0.15, 0.2) is 0 Å². The van der Waals surface area contributed by atoms with E-state index in [2.05, 4.69) is 14.7 Å². The van der Waals surface area contributed by atoms with Gasteiger partial charge in [0.1, 0.15) is 4.90 Å². The van der Waals surface area contributed by atoms with Gasteiger partial charge in [-0.15, -0.1) is 0 Å². The molecule has 0 saturated heterocycles. The molecule has 0 radical (unpaired) electrons. The van der Waals surface area contributed by atoms with Crippen LogP contribution in [0, 0.1) is 0 Å². The van der Waals surface area contributed by atoms with Gasteiger partial charge in [-0.2, -0.15) is 0 Å². The summed E-state index contributed by atoms with van der Waals surface area (Å²) in [6.07, 6.45) is 3.92. The van der Waals surface area contributed by atoms with Gasteiger partial charge in [0, 0.05) is 6.04 Å². The first-order chi connectivity index (χ1) is 9.97. The Kier molecular flexibility index (Phi) is 4.87. The molecule has 1 atom stereocenters. The average Bonchev–Trinajstić information content (AvgIpc) is 2.46. The zero-order valence-electron chi connectivity index (χ0n) is 11.7. The molecular formula is C14H18N4O2S. The minimum absolute atomic E-state index is 0.0169. The van der Waals surface area contributed by atoms with E-state index in [1.807, 2.05) is 37.3 Å². The molecule has 0 amide bonds. The molecule has 0 aliphatic carbocycles. The Bertz CT molecular complexity index is 672. The summed E-state index contributed by atoms with van der Waals surface area (Å²) < 4.78 is 26.9. The van der Waals surface area contributed by atoms with Gasteiger partial charge in [-0.25, -0.2) is 23.1 Å². The first kappa shape index (κ1) is 15.4. The minimum Gasteiger partial charge on any atom is -0.368 e. The van der Waals surface area contributed by atoms with Crippen molar-refractivity contribution in [1.29, 1.82) is 0 Å². The number of sulfonamides is 1. The van der Waals surface area contributed by atoms with Gasteiger partial charge in [0.25, 0.3) is 0 Å². The summed E-state index contributed by atoms with van der Waals surface area (Å²) in [5, 5.41) is 0. The number of nitrogens with two attached hydrogens (primary N) is 1. The molecule has 0 spiro atoms. The highest BCUT2D eigenvalue weighted by molar-refractivity contribution is 7.89.